The summed E-state index contributed by atoms with van der Waals surface area (Å²) in [4.78, 5) is 12.5. The molecule has 0 spiro atoms. The molecule has 0 unspecified atom stereocenters. The Balaban J connectivity index is 1.50. The van der Waals surface area contributed by atoms with Gasteiger partial charge in [-0.1, -0.05) is 17.8 Å². The van der Waals surface area contributed by atoms with Crippen molar-refractivity contribution >= 4 is 51.9 Å². The Morgan fingerprint density at radius 1 is 1.32 bits per heavy atom. The molecule has 0 radical (unpaired) electrons. The molecule has 3 aromatic heterocycles. The number of nitrogens with two attached hydrogens (primary N) is 1. The number of amides is 1. The Bertz CT molecular complexity index is 1150. The van der Waals surface area contributed by atoms with Crippen molar-refractivity contribution in [2.24, 2.45) is 0 Å². The molecule has 0 aliphatic heterocycles. The molecule has 3 heterocycles. The molecule has 1 amide bonds. The van der Waals surface area contributed by atoms with Gasteiger partial charge in [0.2, 0.25) is 5.91 Å². The van der Waals surface area contributed by atoms with Crippen LogP contribution in [0.25, 0.3) is 22.6 Å². The first-order chi connectivity index (χ1) is 13.6. The predicted octanol–water partition coefficient (Wildman–Crippen LogP) is 1.97. The highest BCUT2D eigenvalue weighted by molar-refractivity contribution is 7.99. The molecule has 4 rings (SSSR count). The van der Waals surface area contributed by atoms with Crippen molar-refractivity contribution in [2.75, 3.05) is 16.8 Å². The SMILES string of the molecule is CCn1c(SCC(=O)Nc2c(C)ccc3nsnc23)nnc1-c1nonc1N. The van der Waals surface area contributed by atoms with E-state index in [-0.39, 0.29) is 17.5 Å². The quantitative estimate of drug-likeness (QED) is 0.445. The Morgan fingerprint density at radius 3 is 2.93 bits per heavy atom. The summed E-state index contributed by atoms with van der Waals surface area (Å²) in [6, 6.07) is 3.79. The summed E-state index contributed by atoms with van der Waals surface area (Å²) in [7, 11) is 0. The number of fused-ring (bicyclic) bond motifs is 1. The lowest BCUT2D eigenvalue weighted by Gasteiger charge is -2.09. The van der Waals surface area contributed by atoms with Crippen molar-refractivity contribution in [1.82, 2.24) is 33.8 Å². The summed E-state index contributed by atoms with van der Waals surface area (Å²) < 4.78 is 14.9. The smallest absolute Gasteiger partial charge is 0.234 e. The lowest BCUT2D eigenvalue weighted by molar-refractivity contribution is -0.113. The zero-order valence-electron chi connectivity index (χ0n) is 14.9. The summed E-state index contributed by atoms with van der Waals surface area (Å²) >= 11 is 2.37. The van der Waals surface area contributed by atoms with E-state index in [2.05, 4.69) is 39.2 Å². The van der Waals surface area contributed by atoms with Crippen LogP contribution in [0.5, 0.6) is 0 Å². The molecule has 144 valence electrons. The second kappa shape index (κ2) is 7.52. The zero-order chi connectivity index (χ0) is 19.7. The number of benzene rings is 1. The number of aromatic nitrogens is 7. The normalized spacial score (nSPS) is 11.2. The van der Waals surface area contributed by atoms with Crippen LogP contribution in [0.1, 0.15) is 12.5 Å². The van der Waals surface area contributed by atoms with Gasteiger partial charge in [-0.05, 0) is 35.8 Å². The summed E-state index contributed by atoms with van der Waals surface area (Å²) in [5.41, 5.74) is 9.11. The van der Waals surface area contributed by atoms with E-state index in [0.29, 0.717) is 34.4 Å². The number of hydrogen-bond acceptors (Lipinski definition) is 11. The Labute approximate surface area is 167 Å². The van der Waals surface area contributed by atoms with Crippen molar-refractivity contribution in [3.05, 3.63) is 17.7 Å². The molecule has 11 nitrogen and oxygen atoms in total. The minimum absolute atomic E-state index is 0.136. The standard InChI is InChI=1S/C15H15N9O2S2/c1-3-24-14(12-13(16)21-26-20-12)18-19-15(24)27-6-9(25)17-10-7(2)4-5-8-11(10)23-28-22-8/h4-5H,3,6H2,1-2H3,(H2,16,21)(H,17,25). The van der Waals surface area contributed by atoms with E-state index in [1.165, 1.54) is 11.8 Å². The van der Waals surface area contributed by atoms with Gasteiger partial charge in [-0.15, -0.1) is 10.2 Å². The molecule has 3 N–H and O–H groups in total. The minimum Gasteiger partial charge on any atom is -0.379 e. The maximum absolute atomic E-state index is 12.5. The monoisotopic (exact) mass is 417 g/mol. The van der Waals surface area contributed by atoms with Gasteiger partial charge in [-0.2, -0.15) is 8.75 Å². The number of nitrogens with one attached hydrogen (secondary N) is 1. The second-order valence-electron chi connectivity index (χ2n) is 5.77. The maximum Gasteiger partial charge on any atom is 0.234 e. The van der Waals surface area contributed by atoms with Gasteiger partial charge in [0.1, 0.15) is 11.0 Å². The van der Waals surface area contributed by atoms with Crippen LogP contribution in [-0.2, 0) is 11.3 Å². The van der Waals surface area contributed by atoms with Crippen molar-refractivity contribution in [2.45, 2.75) is 25.5 Å². The van der Waals surface area contributed by atoms with Crippen molar-refractivity contribution in [1.29, 1.82) is 0 Å². The van der Waals surface area contributed by atoms with Gasteiger partial charge in [0.15, 0.2) is 22.5 Å². The molecule has 0 fully saturated rings. The predicted molar refractivity (Wildman–Crippen MR) is 105 cm³/mol. The van der Waals surface area contributed by atoms with Gasteiger partial charge in [-0.3, -0.25) is 4.79 Å². The summed E-state index contributed by atoms with van der Waals surface area (Å²) in [5, 5.41) is 19.0. The van der Waals surface area contributed by atoms with Gasteiger partial charge in [0.05, 0.1) is 23.2 Å². The average Bonchev–Trinajstić information content (AvgIpc) is 3.41. The third-order valence-corrected chi connectivity index (χ3v) is 5.50. The molecule has 28 heavy (non-hydrogen) atoms. The molecule has 13 heteroatoms. The molecular weight excluding hydrogens is 402 g/mol. The molecule has 0 bridgehead atoms. The van der Waals surface area contributed by atoms with Crippen LogP contribution in [0.3, 0.4) is 0 Å². The van der Waals surface area contributed by atoms with E-state index in [0.717, 1.165) is 22.8 Å². The summed E-state index contributed by atoms with van der Waals surface area (Å²) in [6.07, 6.45) is 0. The summed E-state index contributed by atoms with van der Waals surface area (Å²) in [5.74, 6) is 0.552. The highest BCUT2D eigenvalue weighted by Crippen LogP contribution is 2.27. The van der Waals surface area contributed by atoms with Gasteiger partial charge < -0.3 is 15.6 Å². The van der Waals surface area contributed by atoms with Crippen LogP contribution in [0.4, 0.5) is 11.5 Å². The van der Waals surface area contributed by atoms with E-state index in [1.807, 2.05) is 26.0 Å². The van der Waals surface area contributed by atoms with Crippen molar-refractivity contribution in [3.8, 4) is 11.5 Å². The molecule has 0 aliphatic carbocycles. The summed E-state index contributed by atoms with van der Waals surface area (Å²) in [6.45, 7) is 4.42. The van der Waals surface area contributed by atoms with E-state index < -0.39 is 0 Å². The van der Waals surface area contributed by atoms with Crippen LogP contribution < -0.4 is 11.1 Å². The number of thioether (sulfide) groups is 1. The fourth-order valence-corrected chi connectivity index (χ4v) is 3.97. The van der Waals surface area contributed by atoms with E-state index in [1.54, 1.807) is 4.57 Å². The Hall–Kier alpha value is -3.06. The number of rotatable bonds is 6. The van der Waals surface area contributed by atoms with Crippen LogP contribution in [0.15, 0.2) is 21.9 Å². The van der Waals surface area contributed by atoms with E-state index in [4.69, 9.17) is 5.73 Å². The van der Waals surface area contributed by atoms with Crippen molar-refractivity contribution < 1.29 is 9.42 Å². The first-order valence-corrected chi connectivity index (χ1v) is 9.96. The molecule has 4 aromatic rings. The van der Waals surface area contributed by atoms with E-state index >= 15 is 0 Å². The number of hydrogen-bond donors (Lipinski definition) is 2. The largest absolute Gasteiger partial charge is 0.379 e. The van der Waals surface area contributed by atoms with Gasteiger partial charge in [0.25, 0.3) is 0 Å². The molecule has 1 aromatic carbocycles. The molecule has 0 aliphatic rings. The van der Waals surface area contributed by atoms with Crippen LogP contribution >= 0.6 is 23.5 Å². The first kappa shape index (κ1) is 18.3. The topological polar surface area (TPSA) is 151 Å². The Morgan fingerprint density at radius 2 is 2.18 bits per heavy atom. The Kier molecular flexibility index (Phi) is 4.92. The number of carbonyl (C=O) groups is 1. The molecule has 0 atom stereocenters. The third-order valence-electron chi connectivity index (χ3n) is 3.99. The van der Waals surface area contributed by atoms with Crippen LogP contribution in [0, 0.1) is 6.92 Å². The molecular formula is C15H15N9O2S2. The third kappa shape index (κ3) is 3.29. The molecule has 0 saturated heterocycles. The zero-order valence-corrected chi connectivity index (χ0v) is 16.5. The van der Waals surface area contributed by atoms with Crippen molar-refractivity contribution in [3.63, 3.8) is 0 Å². The first-order valence-electron chi connectivity index (χ1n) is 8.24. The van der Waals surface area contributed by atoms with E-state index in [9.17, 15) is 4.79 Å². The van der Waals surface area contributed by atoms with Crippen LogP contribution in [-0.4, -0.2) is 45.5 Å². The fourth-order valence-electron chi connectivity index (χ4n) is 2.62. The fraction of sp³-hybridized carbons (Fsp3) is 0.267. The highest BCUT2D eigenvalue weighted by Gasteiger charge is 2.20. The number of nitrogens with zero attached hydrogens (tertiary/aromatic N) is 7. The van der Waals surface area contributed by atoms with Gasteiger partial charge in [-0.25, -0.2) is 4.63 Å². The van der Waals surface area contributed by atoms with Gasteiger partial charge >= 0.3 is 0 Å². The average molecular weight is 417 g/mol. The number of aryl methyl sites for hydroxylation is 1. The number of anilines is 2. The van der Waals surface area contributed by atoms with Gasteiger partial charge in [0, 0.05) is 6.54 Å². The lowest BCUT2D eigenvalue weighted by Crippen LogP contribution is -2.16. The molecule has 0 saturated carbocycles. The minimum atomic E-state index is -0.177. The second-order valence-corrected chi connectivity index (χ2v) is 7.25. The number of carbonyl (C=O) groups excluding carboxylic acids is 1. The highest BCUT2D eigenvalue weighted by atomic mass is 32.2. The maximum atomic E-state index is 12.5. The lowest BCUT2D eigenvalue weighted by atomic mass is 10.1. The number of nitrogen functional groups attached to an aromatic ring is 1. The van der Waals surface area contributed by atoms with Crippen LogP contribution in [0.2, 0.25) is 0 Å².